The lowest BCUT2D eigenvalue weighted by Crippen LogP contribution is -2.48. The lowest BCUT2D eigenvalue weighted by Gasteiger charge is -2.34. The van der Waals surface area contributed by atoms with E-state index in [1.54, 1.807) is 6.07 Å². The average Bonchev–Trinajstić information content (AvgIpc) is 3.42. The molecule has 0 spiro atoms. The summed E-state index contributed by atoms with van der Waals surface area (Å²) in [5, 5.41) is 0.889. The number of ether oxygens (including phenoxy) is 2. The molecule has 1 aromatic heterocycles. The Hall–Kier alpha value is -3.05. The van der Waals surface area contributed by atoms with E-state index in [0.717, 1.165) is 50.0 Å². The first-order valence-corrected chi connectivity index (χ1v) is 14.8. The minimum absolute atomic E-state index is 0.0894. The molecule has 0 unspecified atom stereocenters. The second-order valence-electron chi connectivity index (χ2n) is 10.2. The number of piperazine rings is 1. The number of carbonyl (C=O) groups is 1. The standard InChI is InChI=1S/C29H35ClN6O3S/c1-33(2)10-13-36(19-22-6-4-3-5-7-22)27-17-26(30)31-29(32-27)40-20-28(37)35-14-11-34(12-15-35)18-23-8-9-24-25(16-23)39-21-38-24/h3-9,16-17H,10-15,18-21H2,1-2H3. The largest absolute Gasteiger partial charge is 0.454 e. The van der Waals surface area contributed by atoms with Crippen molar-refractivity contribution in [1.82, 2.24) is 24.7 Å². The summed E-state index contributed by atoms with van der Waals surface area (Å²) in [5.41, 5.74) is 2.37. The smallest absolute Gasteiger partial charge is 0.233 e. The summed E-state index contributed by atoms with van der Waals surface area (Å²) in [6.45, 7) is 6.50. The van der Waals surface area contributed by atoms with Crippen LogP contribution in [0.1, 0.15) is 11.1 Å². The second kappa shape index (κ2) is 13.5. The summed E-state index contributed by atoms with van der Waals surface area (Å²) < 4.78 is 10.9. The van der Waals surface area contributed by atoms with Crippen LogP contribution in [0.25, 0.3) is 0 Å². The molecule has 0 bridgehead atoms. The van der Waals surface area contributed by atoms with Gasteiger partial charge in [0.25, 0.3) is 0 Å². The highest BCUT2D eigenvalue weighted by Crippen LogP contribution is 2.33. The maximum atomic E-state index is 13.0. The Morgan fingerprint density at radius 1 is 0.950 bits per heavy atom. The Morgan fingerprint density at radius 3 is 2.50 bits per heavy atom. The van der Waals surface area contributed by atoms with Gasteiger partial charge < -0.3 is 24.2 Å². The van der Waals surface area contributed by atoms with Crippen LogP contribution in [-0.2, 0) is 17.9 Å². The topological polar surface area (TPSA) is 74.3 Å². The van der Waals surface area contributed by atoms with E-state index < -0.39 is 0 Å². The van der Waals surface area contributed by atoms with Crippen molar-refractivity contribution in [2.45, 2.75) is 18.2 Å². The molecule has 2 aliphatic rings. The molecule has 0 atom stereocenters. The van der Waals surface area contributed by atoms with Crippen molar-refractivity contribution in [3.05, 3.63) is 70.9 Å². The van der Waals surface area contributed by atoms with Crippen molar-refractivity contribution in [2.24, 2.45) is 0 Å². The van der Waals surface area contributed by atoms with Crippen molar-refractivity contribution in [1.29, 1.82) is 0 Å². The first-order chi connectivity index (χ1) is 19.4. The van der Waals surface area contributed by atoms with Crippen LogP contribution in [0, 0.1) is 0 Å². The number of rotatable bonds is 11. The number of hydrogen-bond donors (Lipinski definition) is 0. The fourth-order valence-electron chi connectivity index (χ4n) is 4.68. The first kappa shape index (κ1) is 28.5. The summed E-state index contributed by atoms with van der Waals surface area (Å²) in [5.74, 6) is 2.73. The second-order valence-corrected chi connectivity index (χ2v) is 11.5. The van der Waals surface area contributed by atoms with E-state index in [-0.39, 0.29) is 18.5 Å². The van der Waals surface area contributed by atoms with Gasteiger partial charge in [-0.25, -0.2) is 9.97 Å². The Labute approximate surface area is 245 Å². The Balaban J connectivity index is 1.15. The van der Waals surface area contributed by atoms with E-state index in [0.29, 0.717) is 29.9 Å². The van der Waals surface area contributed by atoms with E-state index in [4.69, 9.17) is 26.1 Å². The zero-order valence-corrected chi connectivity index (χ0v) is 24.5. The van der Waals surface area contributed by atoms with E-state index in [1.807, 2.05) is 35.2 Å². The van der Waals surface area contributed by atoms with Crippen molar-refractivity contribution in [3.63, 3.8) is 0 Å². The van der Waals surface area contributed by atoms with Gasteiger partial charge in [0.2, 0.25) is 12.7 Å². The first-order valence-electron chi connectivity index (χ1n) is 13.4. The quantitative estimate of drug-likeness (QED) is 0.190. The summed E-state index contributed by atoms with van der Waals surface area (Å²) in [7, 11) is 4.11. The van der Waals surface area contributed by atoms with Gasteiger partial charge in [-0.15, -0.1) is 0 Å². The highest BCUT2D eigenvalue weighted by Gasteiger charge is 2.23. The van der Waals surface area contributed by atoms with Crippen LogP contribution < -0.4 is 14.4 Å². The molecule has 0 aliphatic carbocycles. The predicted octanol–water partition coefficient (Wildman–Crippen LogP) is 3.86. The molecule has 212 valence electrons. The number of hydrogen-bond acceptors (Lipinski definition) is 9. The van der Waals surface area contributed by atoms with Gasteiger partial charge in [-0.05, 0) is 37.4 Å². The van der Waals surface area contributed by atoms with Crippen LogP contribution >= 0.6 is 23.4 Å². The van der Waals surface area contributed by atoms with Crippen molar-refractivity contribution < 1.29 is 14.3 Å². The lowest BCUT2D eigenvalue weighted by atomic mass is 10.1. The van der Waals surface area contributed by atoms with Crippen molar-refractivity contribution in [2.75, 3.05) is 70.8 Å². The molecule has 2 aliphatic heterocycles. The number of anilines is 1. The molecular weight excluding hydrogens is 548 g/mol. The molecule has 1 amide bonds. The number of carbonyl (C=O) groups excluding carboxylic acids is 1. The van der Waals surface area contributed by atoms with Crippen LogP contribution in [-0.4, -0.2) is 96.5 Å². The number of nitrogens with zero attached hydrogens (tertiary/aromatic N) is 6. The molecule has 3 aromatic rings. The maximum absolute atomic E-state index is 13.0. The fourth-order valence-corrected chi connectivity index (χ4v) is 5.67. The van der Waals surface area contributed by atoms with Crippen molar-refractivity contribution >= 4 is 35.1 Å². The summed E-state index contributed by atoms with van der Waals surface area (Å²) in [6, 6.07) is 18.2. The van der Waals surface area contributed by atoms with Crippen LogP contribution in [0.3, 0.4) is 0 Å². The normalized spacial score (nSPS) is 15.1. The van der Waals surface area contributed by atoms with Gasteiger partial charge in [0, 0.05) is 58.4 Å². The van der Waals surface area contributed by atoms with E-state index in [9.17, 15) is 4.79 Å². The van der Waals surface area contributed by atoms with Gasteiger partial charge in [-0.2, -0.15) is 0 Å². The average molecular weight is 583 g/mol. The van der Waals surface area contributed by atoms with E-state index in [1.165, 1.54) is 22.9 Å². The minimum atomic E-state index is 0.0894. The number of likely N-dealkylation sites (N-methyl/N-ethyl adjacent to an activating group) is 1. The number of benzene rings is 2. The van der Waals surface area contributed by atoms with Gasteiger partial charge in [-0.1, -0.05) is 59.8 Å². The zero-order valence-electron chi connectivity index (χ0n) is 23.0. The third-order valence-corrected chi connectivity index (χ3v) is 7.94. The van der Waals surface area contributed by atoms with Gasteiger partial charge in [0.1, 0.15) is 11.0 Å². The molecule has 1 saturated heterocycles. The minimum Gasteiger partial charge on any atom is -0.454 e. The molecule has 1 fully saturated rings. The molecule has 2 aromatic carbocycles. The lowest BCUT2D eigenvalue weighted by molar-refractivity contribution is -0.130. The highest BCUT2D eigenvalue weighted by atomic mass is 35.5. The Morgan fingerprint density at radius 2 is 1.73 bits per heavy atom. The number of amides is 1. The van der Waals surface area contributed by atoms with Gasteiger partial charge in [0.15, 0.2) is 16.7 Å². The van der Waals surface area contributed by atoms with E-state index in [2.05, 4.69) is 52.0 Å². The van der Waals surface area contributed by atoms with Crippen LogP contribution in [0.4, 0.5) is 5.82 Å². The Kier molecular flexibility index (Phi) is 9.64. The summed E-state index contributed by atoms with van der Waals surface area (Å²) >= 11 is 7.76. The summed E-state index contributed by atoms with van der Waals surface area (Å²) in [6.07, 6.45) is 0. The third kappa shape index (κ3) is 7.78. The maximum Gasteiger partial charge on any atom is 0.233 e. The van der Waals surface area contributed by atoms with Crippen LogP contribution in [0.5, 0.6) is 11.5 Å². The number of fused-ring (bicyclic) bond motifs is 1. The van der Waals surface area contributed by atoms with E-state index >= 15 is 0 Å². The highest BCUT2D eigenvalue weighted by molar-refractivity contribution is 7.99. The molecule has 9 nitrogen and oxygen atoms in total. The monoisotopic (exact) mass is 582 g/mol. The van der Waals surface area contributed by atoms with Crippen molar-refractivity contribution in [3.8, 4) is 11.5 Å². The number of thioether (sulfide) groups is 1. The molecule has 3 heterocycles. The van der Waals surface area contributed by atoms with Crippen LogP contribution in [0.2, 0.25) is 5.15 Å². The predicted molar refractivity (Wildman–Crippen MR) is 158 cm³/mol. The molecule has 5 rings (SSSR count). The molecular formula is C29H35ClN6O3S. The molecule has 40 heavy (non-hydrogen) atoms. The number of aromatic nitrogens is 2. The van der Waals surface area contributed by atoms with Crippen LogP contribution in [0.15, 0.2) is 59.8 Å². The molecule has 0 radical (unpaired) electrons. The van der Waals surface area contributed by atoms with Gasteiger partial charge in [-0.3, -0.25) is 9.69 Å². The van der Waals surface area contributed by atoms with Gasteiger partial charge in [0.05, 0.1) is 5.75 Å². The van der Waals surface area contributed by atoms with Gasteiger partial charge >= 0.3 is 0 Å². The molecule has 0 N–H and O–H groups in total. The number of halogens is 1. The third-order valence-electron chi connectivity index (χ3n) is 6.91. The SMILES string of the molecule is CN(C)CCN(Cc1ccccc1)c1cc(Cl)nc(SCC(=O)N2CCN(Cc3ccc4c(c3)OCO4)CC2)n1. The zero-order chi connectivity index (χ0) is 27.9. The summed E-state index contributed by atoms with van der Waals surface area (Å²) in [4.78, 5) is 30.9. The fraction of sp³-hybridized carbons (Fsp3) is 0.414. The Bertz CT molecular complexity index is 1290. The molecule has 0 saturated carbocycles. The molecule has 11 heteroatoms.